The van der Waals surface area contributed by atoms with Crippen LogP contribution in [0.4, 0.5) is 0 Å². The summed E-state index contributed by atoms with van der Waals surface area (Å²) in [5, 5.41) is 0. The van der Waals surface area contributed by atoms with Gasteiger partial charge in [-0.3, -0.25) is 0 Å². The molecule has 22 heavy (non-hydrogen) atoms. The highest BCUT2D eigenvalue weighted by Gasteiger charge is 2.40. The minimum atomic E-state index is -0.598. The average Bonchev–Trinajstić information content (AvgIpc) is 3.10. The zero-order valence-corrected chi connectivity index (χ0v) is 13.5. The molecule has 1 saturated heterocycles. The van der Waals surface area contributed by atoms with Crippen molar-refractivity contribution in [1.29, 1.82) is 0 Å². The zero-order chi connectivity index (χ0) is 15.6. The van der Waals surface area contributed by atoms with Crippen LogP contribution in [0.2, 0.25) is 0 Å². The Morgan fingerprint density at radius 3 is 2.64 bits per heavy atom. The van der Waals surface area contributed by atoms with Crippen molar-refractivity contribution in [2.24, 2.45) is 0 Å². The summed E-state index contributed by atoms with van der Waals surface area (Å²) >= 11 is 0. The minimum absolute atomic E-state index is 0.124. The van der Waals surface area contributed by atoms with Gasteiger partial charge in [0.1, 0.15) is 0 Å². The van der Waals surface area contributed by atoms with Crippen LogP contribution in [0.1, 0.15) is 37.8 Å². The molecule has 3 rings (SSSR count). The first kappa shape index (κ1) is 15.3. The fraction of sp³-hybridized carbons (Fsp3) is 0.500. The van der Waals surface area contributed by atoms with Crippen molar-refractivity contribution in [1.82, 2.24) is 9.55 Å². The lowest BCUT2D eigenvalue weighted by molar-refractivity contribution is -0.175. The molecular formula is C18H24N2O2. The highest BCUT2D eigenvalue weighted by atomic mass is 16.7. The van der Waals surface area contributed by atoms with Crippen LogP contribution in [0.25, 0.3) is 0 Å². The van der Waals surface area contributed by atoms with E-state index in [2.05, 4.69) is 50.0 Å². The molecule has 2 unspecified atom stereocenters. The predicted octanol–water partition coefficient (Wildman–Crippen LogP) is 3.38. The molecule has 0 N–H and O–H groups in total. The van der Waals surface area contributed by atoms with Crippen LogP contribution in [-0.2, 0) is 22.4 Å². The van der Waals surface area contributed by atoms with Gasteiger partial charge < -0.3 is 14.0 Å². The molecular weight excluding hydrogens is 276 g/mol. The summed E-state index contributed by atoms with van der Waals surface area (Å²) in [7, 11) is 0. The molecule has 4 heteroatoms. The molecule has 1 aromatic heterocycles. The summed E-state index contributed by atoms with van der Waals surface area (Å²) in [6, 6.07) is 8.76. The molecule has 1 fully saturated rings. The Labute approximate surface area is 132 Å². The van der Waals surface area contributed by atoms with Crippen molar-refractivity contribution in [2.75, 3.05) is 6.61 Å². The number of aromatic nitrogens is 2. The van der Waals surface area contributed by atoms with E-state index in [-0.39, 0.29) is 6.10 Å². The maximum absolute atomic E-state index is 6.13. The van der Waals surface area contributed by atoms with Gasteiger partial charge >= 0.3 is 0 Å². The van der Waals surface area contributed by atoms with Crippen LogP contribution in [0.3, 0.4) is 0 Å². The van der Waals surface area contributed by atoms with E-state index in [1.54, 1.807) is 12.5 Å². The van der Waals surface area contributed by atoms with Crippen LogP contribution in [0, 0.1) is 0 Å². The molecule has 118 valence electrons. The molecule has 2 heterocycles. The topological polar surface area (TPSA) is 36.3 Å². The third-order valence-corrected chi connectivity index (χ3v) is 4.10. The third kappa shape index (κ3) is 3.39. The Hall–Kier alpha value is -1.65. The van der Waals surface area contributed by atoms with Gasteiger partial charge in [-0.05, 0) is 24.0 Å². The normalized spacial score (nSPS) is 25.0. The number of hydrogen-bond acceptors (Lipinski definition) is 3. The first-order valence-electron chi connectivity index (χ1n) is 7.93. The Bertz CT molecular complexity index is 592. The molecule has 4 nitrogen and oxygen atoms in total. The highest BCUT2D eigenvalue weighted by molar-refractivity contribution is 5.25. The standard InChI is InChI=1S/C18H24N2O2/c1-14(2)17-6-4-16(5-7-17)10-18(21-11-15(3)22-18)12-20-9-8-19-13-20/h4-9,13-15H,10-12H2,1-3H3. The van der Waals surface area contributed by atoms with Gasteiger partial charge in [0.15, 0.2) is 5.79 Å². The number of imidazole rings is 1. The van der Waals surface area contributed by atoms with Crippen LogP contribution < -0.4 is 0 Å². The second-order valence-electron chi connectivity index (χ2n) is 6.46. The summed E-state index contributed by atoms with van der Waals surface area (Å²) in [5.41, 5.74) is 2.59. The Kier molecular flexibility index (Phi) is 4.32. The van der Waals surface area contributed by atoms with E-state index >= 15 is 0 Å². The Balaban J connectivity index is 1.78. The smallest absolute Gasteiger partial charge is 0.190 e. The Morgan fingerprint density at radius 2 is 2.09 bits per heavy atom. The molecule has 1 aliphatic heterocycles. The average molecular weight is 300 g/mol. The van der Waals surface area contributed by atoms with Gasteiger partial charge in [-0.15, -0.1) is 0 Å². The summed E-state index contributed by atoms with van der Waals surface area (Å²) in [6.07, 6.45) is 6.40. The van der Waals surface area contributed by atoms with E-state index in [0.29, 0.717) is 19.1 Å². The van der Waals surface area contributed by atoms with Crippen molar-refractivity contribution in [2.45, 2.75) is 51.5 Å². The molecule has 0 bridgehead atoms. The second-order valence-corrected chi connectivity index (χ2v) is 6.46. The molecule has 0 spiro atoms. The fourth-order valence-electron chi connectivity index (χ4n) is 2.93. The first-order chi connectivity index (χ1) is 10.6. The van der Waals surface area contributed by atoms with Crippen molar-refractivity contribution in [3.05, 3.63) is 54.1 Å². The molecule has 2 aromatic rings. The summed E-state index contributed by atoms with van der Waals surface area (Å²) < 4.78 is 14.2. The van der Waals surface area contributed by atoms with Gasteiger partial charge in [0, 0.05) is 18.8 Å². The van der Waals surface area contributed by atoms with Gasteiger partial charge in [0.05, 0.1) is 25.6 Å². The van der Waals surface area contributed by atoms with E-state index in [9.17, 15) is 0 Å². The maximum Gasteiger partial charge on any atom is 0.190 e. The lowest BCUT2D eigenvalue weighted by Crippen LogP contribution is -2.38. The maximum atomic E-state index is 6.13. The molecule has 2 atom stereocenters. The second kappa shape index (κ2) is 6.23. The lowest BCUT2D eigenvalue weighted by atomic mass is 9.98. The van der Waals surface area contributed by atoms with Crippen LogP contribution in [0.15, 0.2) is 43.0 Å². The Morgan fingerprint density at radius 1 is 1.32 bits per heavy atom. The largest absolute Gasteiger partial charge is 0.345 e. The van der Waals surface area contributed by atoms with Gasteiger partial charge in [-0.2, -0.15) is 0 Å². The molecule has 0 aliphatic carbocycles. The van der Waals surface area contributed by atoms with E-state index in [0.717, 1.165) is 6.42 Å². The van der Waals surface area contributed by atoms with E-state index in [1.807, 2.05) is 10.8 Å². The number of hydrogen-bond donors (Lipinski definition) is 0. The van der Waals surface area contributed by atoms with Crippen molar-refractivity contribution < 1.29 is 9.47 Å². The van der Waals surface area contributed by atoms with Gasteiger partial charge in [-0.1, -0.05) is 38.1 Å². The summed E-state index contributed by atoms with van der Waals surface area (Å²) in [6.45, 7) is 7.76. The molecule has 0 radical (unpaired) electrons. The van der Waals surface area contributed by atoms with Crippen LogP contribution in [0.5, 0.6) is 0 Å². The molecule has 0 saturated carbocycles. The van der Waals surface area contributed by atoms with Crippen molar-refractivity contribution in [3.8, 4) is 0 Å². The van der Waals surface area contributed by atoms with E-state index < -0.39 is 5.79 Å². The predicted molar refractivity (Wildman–Crippen MR) is 85.7 cm³/mol. The number of nitrogens with zero attached hydrogens (tertiary/aromatic N) is 2. The molecule has 1 aliphatic rings. The van der Waals surface area contributed by atoms with E-state index in [1.165, 1.54) is 11.1 Å². The van der Waals surface area contributed by atoms with Crippen molar-refractivity contribution in [3.63, 3.8) is 0 Å². The monoisotopic (exact) mass is 300 g/mol. The number of rotatable bonds is 5. The number of benzene rings is 1. The minimum Gasteiger partial charge on any atom is -0.345 e. The molecule has 0 amide bonds. The van der Waals surface area contributed by atoms with Gasteiger partial charge in [-0.25, -0.2) is 4.98 Å². The lowest BCUT2D eigenvalue weighted by Gasteiger charge is -2.28. The zero-order valence-electron chi connectivity index (χ0n) is 13.5. The fourth-order valence-corrected chi connectivity index (χ4v) is 2.93. The van der Waals surface area contributed by atoms with Crippen molar-refractivity contribution >= 4 is 0 Å². The third-order valence-electron chi connectivity index (χ3n) is 4.10. The SMILES string of the molecule is CC1COC(Cc2ccc(C(C)C)cc2)(Cn2ccnc2)O1. The molecule has 1 aromatic carbocycles. The number of ether oxygens (including phenoxy) is 2. The summed E-state index contributed by atoms with van der Waals surface area (Å²) in [4.78, 5) is 4.10. The summed E-state index contributed by atoms with van der Waals surface area (Å²) in [5.74, 6) is -0.0487. The van der Waals surface area contributed by atoms with Crippen LogP contribution in [-0.4, -0.2) is 28.0 Å². The van der Waals surface area contributed by atoms with Gasteiger partial charge in [0.2, 0.25) is 0 Å². The quantitative estimate of drug-likeness (QED) is 0.849. The highest BCUT2D eigenvalue weighted by Crippen LogP contribution is 2.30. The van der Waals surface area contributed by atoms with Crippen LogP contribution >= 0.6 is 0 Å². The first-order valence-corrected chi connectivity index (χ1v) is 7.93. The van der Waals surface area contributed by atoms with E-state index in [4.69, 9.17) is 9.47 Å². The van der Waals surface area contributed by atoms with Gasteiger partial charge in [0.25, 0.3) is 0 Å².